The summed E-state index contributed by atoms with van der Waals surface area (Å²) in [5, 5.41) is 2.77. The van der Waals surface area contributed by atoms with Crippen LogP contribution in [0.5, 0.6) is 0 Å². The van der Waals surface area contributed by atoms with Gasteiger partial charge in [0.1, 0.15) is 12.1 Å². The van der Waals surface area contributed by atoms with E-state index in [-0.39, 0.29) is 17.2 Å². The number of hydrogen-bond acceptors (Lipinski definition) is 3. The molecule has 2 aliphatic rings. The Labute approximate surface area is 161 Å². The summed E-state index contributed by atoms with van der Waals surface area (Å²) in [6, 6.07) is 0.761. The topological polar surface area (TPSA) is 71.4 Å². The summed E-state index contributed by atoms with van der Waals surface area (Å²) < 4.78 is 39.3. The van der Waals surface area contributed by atoms with Crippen LogP contribution in [0.4, 0.5) is 18.0 Å². The van der Waals surface area contributed by atoms with Gasteiger partial charge in [0.25, 0.3) is 5.91 Å². The van der Waals surface area contributed by atoms with Crippen LogP contribution in [0, 0.1) is 19.8 Å². The number of amides is 3. The van der Waals surface area contributed by atoms with Gasteiger partial charge in [-0.1, -0.05) is 19.8 Å². The van der Waals surface area contributed by atoms with Crippen LogP contribution in [-0.4, -0.2) is 45.4 Å². The summed E-state index contributed by atoms with van der Waals surface area (Å²) in [4.78, 5) is 39.0. The first-order chi connectivity index (χ1) is 13.0. The third-order valence-corrected chi connectivity index (χ3v) is 6.01. The Hall–Kier alpha value is -2.32. The van der Waals surface area contributed by atoms with E-state index < -0.39 is 42.5 Å². The van der Waals surface area contributed by atoms with Gasteiger partial charge in [-0.2, -0.15) is 13.2 Å². The minimum Gasteiger partial charge on any atom is -0.339 e. The molecule has 1 aromatic heterocycles. The summed E-state index contributed by atoms with van der Waals surface area (Å²) in [5.41, 5.74) is -0.400. The van der Waals surface area contributed by atoms with Crippen LogP contribution in [0.25, 0.3) is 0 Å². The van der Waals surface area contributed by atoms with Crippen LogP contribution in [-0.2, 0) is 11.3 Å². The van der Waals surface area contributed by atoms with Crippen molar-refractivity contribution >= 4 is 17.7 Å². The van der Waals surface area contributed by atoms with Gasteiger partial charge < -0.3 is 9.88 Å². The second kappa shape index (κ2) is 6.93. The van der Waals surface area contributed by atoms with E-state index in [1.807, 2.05) is 6.92 Å². The van der Waals surface area contributed by atoms with E-state index in [1.165, 1.54) is 19.9 Å². The van der Waals surface area contributed by atoms with Gasteiger partial charge >= 0.3 is 12.2 Å². The van der Waals surface area contributed by atoms with Crippen molar-refractivity contribution < 1.29 is 27.6 Å². The van der Waals surface area contributed by atoms with Crippen LogP contribution in [0.2, 0.25) is 0 Å². The standard InChI is InChI=1S/C19H24F3N3O3/c1-11-6-4-5-7-18(11)16(27)24(17(28)23-18)9-15(26)14-8-12(2)25(13(14)3)10-19(20,21)22/h8,11H,4-7,9-10H2,1-3H3,(H,23,28)/t11-,18+/m0/s1. The number of hydrogen-bond donors (Lipinski definition) is 1. The quantitative estimate of drug-likeness (QED) is 0.624. The summed E-state index contributed by atoms with van der Waals surface area (Å²) in [6.07, 6.45) is -1.27. The van der Waals surface area contributed by atoms with Crippen LogP contribution in [0.3, 0.4) is 0 Å². The zero-order chi connectivity index (χ0) is 20.9. The van der Waals surface area contributed by atoms with Gasteiger partial charge in [-0.3, -0.25) is 14.5 Å². The average Bonchev–Trinajstić information content (AvgIpc) is 2.99. The number of nitrogens with one attached hydrogen (secondary N) is 1. The molecule has 3 rings (SSSR count). The van der Waals surface area contributed by atoms with E-state index in [9.17, 15) is 27.6 Å². The molecule has 1 saturated heterocycles. The third-order valence-electron chi connectivity index (χ3n) is 6.01. The molecule has 3 amide bonds. The molecule has 0 bridgehead atoms. The van der Waals surface area contributed by atoms with Crippen LogP contribution >= 0.6 is 0 Å². The molecule has 6 nitrogen and oxygen atoms in total. The van der Waals surface area contributed by atoms with E-state index in [0.717, 1.165) is 28.7 Å². The van der Waals surface area contributed by atoms with Crippen LogP contribution < -0.4 is 5.32 Å². The first-order valence-corrected chi connectivity index (χ1v) is 9.37. The second-order valence-corrected chi connectivity index (χ2v) is 7.85. The molecule has 1 N–H and O–H groups in total. The van der Waals surface area contributed by atoms with E-state index >= 15 is 0 Å². The van der Waals surface area contributed by atoms with E-state index in [2.05, 4.69) is 5.32 Å². The first kappa shape index (κ1) is 20.4. The fourth-order valence-corrected chi connectivity index (χ4v) is 4.37. The molecule has 0 aromatic carbocycles. The minimum atomic E-state index is -4.41. The van der Waals surface area contributed by atoms with Crippen molar-refractivity contribution in [2.75, 3.05) is 6.54 Å². The van der Waals surface area contributed by atoms with Gasteiger partial charge in [0.2, 0.25) is 0 Å². The maximum absolute atomic E-state index is 13.0. The van der Waals surface area contributed by atoms with Gasteiger partial charge in [0.15, 0.2) is 5.78 Å². The monoisotopic (exact) mass is 399 g/mol. The Kier molecular flexibility index (Phi) is 5.05. The lowest BCUT2D eigenvalue weighted by Crippen LogP contribution is -2.54. The summed E-state index contributed by atoms with van der Waals surface area (Å²) in [6.45, 7) is 3.16. The van der Waals surface area contributed by atoms with Crippen molar-refractivity contribution in [3.63, 3.8) is 0 Å². The first-order valence-electron chi connectivity index (χ1n) is 9.37. The van der Waals surface area contributed by atoms with E-state index in [0.29, 0.717) is 12.1 Å². The molecule has 1 aliphatic heterocycles. The van der Waals surface area contributed by atoms with Crippen LogP contribution in [0.15, 0.2) is 6.07 Å². The molecule has 1 aromatic rings. The second-order valence-electron chi connectivity index (χ2n) is 7.85. The Morgan fingerprint density at radius 3 is 2.57 bits per heavy atom. The average molecular weight is 399 g/mol. The number of Topliss-reactive ketones (excluding diaryl/α,β-unsaturated/α-hetero) is 1. The number of rotatable bonds is 4. The Morgan fingerprint density at radius 2 is 1.96 bits per heavy atom. The lowest BCUT2D eigenvalue weighted by atomic mass is 9.73. The number of halogens is 3. The highest BCUT2D eigenvalue weighted by Gasteiger charge is 2.55. The fourth-order valence-electron chi connectivity index (χ4n) is 4.37. The van der Waals surface area contributed by atoms with Crippen molar-refractivity contribution in [2.45, 2.75) is 64.7 Å². The van der Waals surface area contributed by atoms with Gasteiger partial charge in [0, 0.05) is 17.0 Å². The lowest BCUT2D eigenvalue weighted by Gasteiger charge is -2.36. The third kappa shape index (κ3) is 3.42. The maximum Gasteiger partial charge on any atom is 0.406 e. The lowest BCUT2D eigenvalue weighted by molar-refractivity contribution is -0.141. The number of imide groups is 1. The molecule has 9 heteroatoms. The molecule has 1 aliphatic carbocycles. The number of urea groups is 1. The molecule has 2 heterocycles. The molecule has 0 radical (unpaired) electrons. The van der Waals surface area contributed by atoms with E-state index in [1.54, 1.807) is 0 Å². The van der Waals surface area contributed by atoms with Gasteiger partial charge in [-0.15, -0.1) is 0 Å². The highest BCUT2D eigenvalue weighted by atomic mass is 19.4. The highest BCUT2D eigenvalue weighted by molar-refractivity contribution is 6.11. The highest BCUT2D eigenvalue weighted by Crippen LogP contribution is 2.38. The number of aryl methyl sites for hydroxylation is 1. The Morgan fingerprint density at radius 1 is 1.29 bits per heavy atom. The fraction of sp³-hybridized carbons (Fsp3) is 0.632. The summed E-state index contributed by atoms with van der Waals surface area (Å²) >= 11 is 0. The molecule has 0 unspecified atom stereocenters. The van der Waals surface area contributed by atoms with Crippen molar-refractivity contribution in [2.24, 2.45) is 5.92 Å². The SMILES string of the molecule is Cc1cc(C(=O)CN2C(=O)N[C@@]3(CCCC[C@@H]3C)C2=O)c(C)n1CC(F)(F)F. The molecule has 28 heavy (non-hydrogen) atoms. The molecule has 1 spiro atoms. The summed E-state index contributed by atoms with van der Waals surface area (Å²) in [5.74, 6) is -0.998. The molecule has 2 fully saturated rings. The number of aromatic nitrogens is 1. The maximum atomic E-state index is 13.0. The smallest absolute Gasteiger partial charge is 0.339 e. The van der Waals surface area contributed by atoms with Crippen molar-refractivity contribution in [1.82, 2.24) is 14.8 Å². The predicted octanol–water partition coefficient (Wildman–Crippen LogP) is 3.35. The Bertz CT molecular complexity index is 830. The minimum absolute atomic E-state index is 0.0327. The summed E-state index contributed by atoms with van der Waals surface area (Å²) in [7, 11) is 0. The van der Waals surface area contributed by atoms with Gasteiger partial charge in [0.05, 0.1) is 6.54 Å². The zero-order valence-corrected chi connectivity index (χ0v) is 16.2. The van der Waals surface area contributed by atoms with Crippen molar-refractivity contribution in [3.05, 3.63) is 23.0 Å². The number of carbonyl (C=O) groups is 3. The normalized spacial score (nSPS) is 25.5. The predicted molar refractivity (Wildman–Crippen MR) is 94.9 cm³/mol. The largest absolute Gasteiger partial charge is 0.406 e. The number of alkyl halides is 3. The van der Waals surface area contributed by atoms with Crippen molar-refractivity contribution in [1.29, 1.82) is 0 Å². The molecule has 2 atom stereocenters. The number of ketones is 1. The van der Waals surface area contributed by atoms with Gasteiger partial charge in [-0.05, 0) is 38.7 Å². The number of carbonyl (C=O) groups excluding carboxylic acids is 3. The zero-order valence-electron chi connectivity index (χ0n) is 16.2. The van der Waals surface area contributed by atoms with Crippen LogP contribution in [0.1, 0.15) is 54.4 Å². The number of nitrogens with zero attached hydrogens (tertiary/aromatic N) is 2. The van der Waals surface area contributed by atoms with E-state index in [4.69, 9.17) is 0 Å². The van der Waals surface area contributed by atoms with Gasteiger partial charge in [-0.25, -0.2) is 4.79 Å². The molecule has 154 valence electrons. The van der Waals surface area contributed by atoms with Crippen molar-refractivity contribution in [3.8, 4) is 0 Å². The molecular weight excluding hydrogens is 375 g/mol. The molecular formula is C19H24F3N3O3. The molecule has 1 saturated carbocycles. The Balaban J connectivity index is 1.81.